The van der Waals surface area contributed by atoms with E-state index in [0.29, 0.717) is 16.3 Å². The predicted molar refractivity (Wildman–Crippen MR) is 110 cm³/mol. The molecule has 0 saturated heterocycles. The van der Waals surface area contributed by atoms with Crippen LogP contribution in [0.25, 0.3) is 0 Å². The lowest BCUT2D eigenvalue weighted by molar-refractivity contribution is -0.113. The smallest absolute Gasteiger partial charge is 0.251 e. The number of fused-ring (bicyclic) bond motifs is 1. The van der Waals surface area contributed by atoms with E-state index in [4.69, 9.17) is 5.73 Å². The summed E-state index contributed by atoms with van der Waals surface area (Å²) in [4.78, 5) is 26.7. The highest BCUT2D eigenvalue weighted by atomic mass is 32.2. The summed E-state index contributed by atoms with van der Waals surface area (Å²) in [5.74, 6) is -0.241. The maximum Gasteiger partial charge on any atom is 0.251 e. The molecule has 1 aliphatic carbocycles. The van der Waals surface area contributed by atoms with Crippen LogP contribution >= 0.6 is 23.1 Å². The summed E-state index contributed by atoms with van der Waals surface area (Å²) in [5, 5.41) is 3.53. The Morgan fingerprint density at radius 3 is 2.42 bits per heavy atom. The molecule has 2 aromatic rings. The number of carbonyl (C=O) groups is 2. The zero-order chi connectivity index (χ0) is 19.0. The highest BCUT2D eigenvalue weighted by Gasteiger charge is 2.26. The lowest BCUT2D eigenvalue weighted by atomic mass is 10.0. The number of thioether (sulfide) groups is 1. The Labute approximate surface area is 162 Å². The molecule has 1 heterocycles. The fourth-order valence-electron chi connectivity index (χ4n) is 3.45. The van der Waals surface area contributed by atoms with Crippen LogP contribution < -0.4 is 11.1 Å². The number of aryl methyl sites for hydroxylation is 3. The van der Waals surface area contributed by atoms with Crippen molar-refractivity contribution in [2.24, 2.45) is 5.73 Å². The van der Waals surface area contributed by atoms with Crippen molar-refractivity contribution >= 4 is 39.9 Å². The van der Waals surface area contributed by atoms with Crippen LogP contribution in [0, 0.1) is 27.7 Å². The molecule has 0 radical (unpaired) electrons. The van der Waals surface area contributed by atoms with Gasteiger partial charge in [-0.3, -0.25) is 9.59 Å². The lowest BCUT2D eigenvalue weighted by Gasteiger charge is -2.14. The van der Waals surface area contributed by atoms with E-state index < -0.39 is 5.91 Å². The molecule has 0 unspecified atom stereocenters. The zero-order valence-corrected chi connectivity index (χ0v) is 17.2. The van der Waals surface area contributed by atoms with Crippen LogP contribution in [0.4, 0.5) is 5.00 Å². The molecule has 0 spiro atoms. The second-order valence-corrected chi connectivity index (χ2v) is 8.94. The van der Waals surface area contributed by atoms with Crippen LogP contribution in [-0.2, 0) is 17.6 Å². The van der Waals surface area contributed by atoms with E-state index in [1.54, 1.807) is 11.8 Å². The van der Waals surface area contributed by atoms with E-state index in [1.807, 2.05) is 0 Å². The molecular formula is C20H24N2O2S2. The number of primary amides is 1. The van der Waals surface area contributed by atoms with Crippen LogP contribution in [0.1, 0.15) is 49.5 Å². The first-order valence-corrected chi connectivity index (χ1v) is 10.5. The summed E-state index contributed by atoms with van der Waals surface area (Å²) < 4.78 is 0. The fraction of sp³-hybridized carbons (Fsp3) is 0.400. The summed E-state index contributed by atoms with van der Waals surface area (Å²) in [6.45, 7) is 8.38. The second-order valence-electron chi connectivity index (χ2n) is 6.85. The minimum atomic E-state index is -0.451. The first-order chi connectivity index (χ1) is 12.3. The standard InChI is InChI=1S/C20H24N2O2S2/c1-10-8-11(2)13(4)18(12(10)3)25-9-16(23)22-20-17(19(21)24)14-6-5-7-15(14)26-20/h8H,5-7,9H2,1-4H3,(H2,21,24)(H,22,23). The number of nitrogens with one attached hydrogen (secondary N) is 1. The Kier molecular flexibility index (Phi) is 5.44. The number of hydrogen-bond donors (Lipinski definition) is 2. The van der Waals surface area contributed by atoms with Crippen molar-refractivity contribution in [3.05, 3.63) is 44.3 Å². The first kappa shape index (κ1) is 19.0. The van der Waals surface area contributed by atoms with Gasteiger partial charge in [-0.1, -0.05) is 6.07 Å². The maximum absolute atomic E-state index is 12.5. The lowest BCUT2D eigenvalue weighted by Crippen LogP contribution is -2.19. The van der Waals surface area contributed by atoms with Crippen LogP contribution in [0.2, 0.25) is 0 Å². The van der Waals surface area contributed by atoms with Gasteiger partial charge in [0.1, 0.15) is 5.00 Å². The second kappa shape index (κ2) is 7.45. The van der Waals surface area contributed by atoms with Gasteiger partial charge in [-0.15, -0.1) is 23.1 Å². The third-order valence-electron chi connectivity index (χ3n) is 5.07. The van der Waals surface area contributed by atoms with Crippen LogP contribution in [-0.4, -0.2) is 17.6 Å². The van der Waals surface area contributed by atoms with Gasteiger partial charge in [0, 0.05) is 9.77 Å². The van der Waals surface area contributed by atoms with Crippen molar-refractivity contribution in [2.75, 3.05) is 11.1 Å². The normalized spacial score (nSPS) is 12.9. The number of carbonyl (C=O) groups excluding carboxylic acids is 2. The average molecular weight is 389 g/mol. The van der Waals surface area contributed by atoms with Gasteiger partial charge in [0.05, 0.1) is 11.3 Å². The molecule has 2 amide bonds. The quantitative estimate of drug-likeness (QED) is 0.750. The van der Waals surface area contributed by atoms with Crippen molar-refractivity contribution in [1.82, 2.24) is 0 Å². The molecule has 0 atom stereocenters. The SMILES string of the molecule is Cc1cc(C)c(C)c(SCC(=O)Nc2sc3c(c2C(N)=O)CCC3)c1C. The van der Waals surface area contributed by atoms with E-state index in [0.717, 1.165) is 24.8 Å². The molecule has 6 heteroatoms. The third-order valence-corrected chi connectivity index (χ3v) is 7.58. The molecule has 1 aromatic heterocycles. The number of benzene rings is 1. The summed E-state index contributed by atoms with van der Waals surface area (Å²) >= 11 is 3.05. The number of nitrogens with two attached hydrogens (primary N) is 1. The van der Waals surface area contributed by atoms with E-state index >= 15 is 0 Å². The minimum Gasteiger partial charge on any atom is -0.365 e. The van der Waals surface area contributed by atoms with Gasteiger partial charge in [-0.2, -0.15) is 0 Å². The molecular weight excluding hydrogens is 364 g/mol. The molecule has 0 fully saturated rings. The largest absolute Gasteiger partial charge is 0.365 e. The Morgan fingerprint density at radius 1 is 1.15 bits per heavy atom. The number of hydrogen-bond acceptors (Lipinski definition) is 4. The molecule has 0 saturated carbocycles. The van der Waals surface area contributed by atoms with Crippen LogP contribution in [0.3, 0.4) is 0 Å². The molecule has 1 aliphatic rings. The van der Waals surface area contributed by atoms with Crippen molar-refractivity contribution in [3.63, 3.8) is 0 Å². The summed E-state index contributed by atoms with van der Waals surface area (Å²) in [5.41, 5.74) is 12.0. The van der Waals surface area contributed by atoms with Gasteiger partial charge in [-0.05, 0) is 74.8 Å². The Morgan fingerprint density at radius 2 is 1.81 bits per heavy atom. The predicted octanol–water partition coefficient (Wildman–Crippen LogP) is 4.30. The van der Waals surface area contributed by atoms with Gasteiger partial charge in [0.15, 0.2) is 0 Å². The summed E-state index contributed by atoms with van der Waals surface area (Å²) in [6.07, 6.45) is 2.89. The van der Waals surface area contributed by atoms with E-state index in [-0.39, 0.29) is 5.91 Å². The number of rotatable bonds is 5. The average Bonchev–Trinajstić information content (AvgIpc) is 3.13. The van der Waals surface area contributed by atoms with Crippen molar-refractivity contribution in [3.8, 4) is 0 Å². The zero-order valence-electron chi connectivity index (χ0n) is 15.6. The summed E-state index contributed by atoms with van der Waals surface area (Å²) in [7, 11) is 0. The molecule has 26 heavy (non-hydrogen) atoms. The Balaban J connectivity index is 1.75. The van der Waals surface area contributed by atoms with Crippen LogP contribution in [0.5, 0.6) is 0 Å². The number of anilines is 1. The van der Waals surface area contributed by atoms with Gasteiger partial charge < -0.3 is 11.1 Å². The Bertz CT molecular complexity index is 874. The first-order valence-electron chi connectivity index (χ1n) is 8.74. The number of thiophene rings is 1. The van der Waals surface area contributed by atoms with Crippen molar-refractivity contribution in [2.45, 2.75) is 51.9 Å². The molecule has 0 bridgehead atoms. The van der Waals surface area contributed by atoms with E-state index in [2.05, 4.69) is 39.1 Å². The molecule has 0 aliphatic heterocycles. The van der Waals surface area contributed by atoms with Crippen molar-refractivity contribution in [1.29, 1.82) is 0 Å². The molecule has 3 rings (SSSR count). The Hall–Kier alpha value is -1.79. The molecule has 4 nitrogen and oxygen atoms in total. The highest BCUT2D eigenvalue weighted by Crippen LogP contribution is 2.39. The number of amides is 2. The maximum atomic E-state index is 12.5. The monoisotopic (exact) mass is 388 g/mol. The van der Waals surface area contributed by atoms with E-state index in [1.165, 1.54) is 43.4 Å². The molecule has 1 aromatic carbocycles. The van der Waals surface area contributed by atoms with Gasteiger partial charge in [-0.25, -0.2) is 0 Å². The highest BCUT2D eigenvalue weighted by molar-refractivity contribution is 8.00. The molecule has 3 N–H and O–H groups in total. The van der Waals surface area contributed by atoms with Gasteiger partial charge in [0.25, 0.3) is 5.91 Å². The molecule has 138 valence electrons. The van der Waals surface area contributed by atoms with Gasteiger partial charge >= 0.3 is 0 Å². The minimum absolute atomic E-state index is 0.101. The van der Waals surface area contributed by atoms with Crippen molar-refractivity contribution < 1.29 is 9.59 Å². The fourth-order valence-corrected chi connectivity index (χ4v) is 5.86. The third kappa shape index (κ3) is 3.53. The topological polar surface area (TPSA) is 72.2 Å². The summed E-state index contributed by atoms with van der Waals surface area (Å²) in [6, 6.07) is 2.18. The van der Waals surface area contributed by atoms with Crippen LogP contribution in [0.15, 0.2) is 11.0 Å². The van der Waals surface area contributed by atoms with Gasteiger partial charge in [0.2, 0.25) is 5.91 Å². The van der Waals surface area contributed by atoms with E-state index in [9.17, 15) is 9.59 Å².